The molecule has 0 radical (unpaired) electrons. The minimum Gasteiger partial charge on any atom is -0.333 e. The molecule has 0 aromatic heterocycles. The summed E-state index contributed by atoms with van der Waals surface area (Å²) in [6.45, 7) is 3.39. The molecule has 7 nitrogen and oxygen atoms in total. The van der Waals surface area contributed by atoms with Crippen molar-refractivity contribution < 1.29 is 14.5 Å². The van der Waals surface area contributed by atoms with Crippen LogP contribution in [0.2, 0.25) is 0 Å². The van der Waals surface area contributed by atoms with Gasteiger partial charge < -0.3 is 9.80 Å². The first-order valence-corrected chi connectivity index (χ1v) is 7.25. The molecule has 0 aliphatic carbocycles. The number of amides is 2. The second-order valence-corrected chi connectivity index (χ2v) is 5.41. The molecule has 0 bridgehead atoms. The Morgan fingerprint density at radius 1 is 1.24 bits per heavy atom. The number of piperazine rings is 1. The summed E-state index contributed by atoms with van der Waals surface area (Å²) in [4.78, 5) is 37.2. The summed E-state index contributed by atoms with van der Waals surface area (Å²) in [7, 11) is 0. The number of hydrogen-bond donors (Lipinski definition) is 0. The molecule has 1 aromatic carbocycles. The summed E-state index contributed by atoms with van der Waals surface area (Å²) < 4.78 is 0.341. The molecule has 8 heteroatoms. The summed E-state index contributed by atoms with van der Waals surface area (Å²) in [5.74, 6) is -1.09. The van der Waals surface area contributed by atoms with E-state index in [1.54, 1.807) is 12.1 Å². The van der Waals surface area contributed by atoms with Gasteiger partial charge in [0.25, 0.3) is 5.69 Å². The van der Waals surface area contributed by atoms with E-state index in [0.29, 0.717) is 29.7 Å². The topological polar surface area (TPSA) is 83.8 Å². The summed E-state index contributed by atoms with van der Waals surface area (Å²) in [6.07, 6.45) is 0. The first kappa shape index (κ1) is 15.4. The van der Waals surface area contributed by atoms with Gasteiger partial charge in [-0.25, -0.2) is 0 Å². The fraction of sp³-hybridized carbons (Fsp3) is 0.385. The van der Waals surface area contributed by atoms with Gasteiger partial charge in [-0.05, 0) is 28.4 Å². The number of carbonyl (C=O) groups is 2. The number of halogens is 1. The van der Waals surface area contributed by atoms with Crippen LogP contribution in [0, 0.1) is 10.1 Å². The number of likely N-dealkylation sites (N-methyl/N-ethyl adjacent to an activating group) is 1. The summed E-state index contributed by atoms with van der Waals surface area (Å²) in [5.41, 5.74) is 0.550. The highest BCUT2D eigenvalue weighted by Gasteiger charge is 2.32. The fourth-order valence-corrected chi connectivity index (χ4v) is 2.74. The van der Waals surface area contributed by atoms with E-state index in [-0.39, 0.29) is 12.2 Å². The highest BCUT2D eigenvalue weighted by atomic mass is 79.9. The van der Waals surface area contributed by atoms with Gasteiger partial charge in [0.1, 0.15) is 4.47 Å². The van der Waals surface area contributed by atoms with Gasteiger partial charge in [-0.1, -0.05) is 12.1 Å². The lowest BCUT2D eigenvalue weighted by Crippen LogP contribution is -2.53. The third-order valence-electron chi connectivity index (χ3n) is 3.40. The quantitative estimate of drug-likeness (QED) is 0.466. The predicted octanol–water partition coefficient (Wildman–Crippen LogP) is 1.55. The minimum absolute atomic E-state index is 0.0570. The Labute approximate surface area is 129 Å². The van der Waals surface area contributed by atoms with Crippen molar-refractivity contribution in [1.29, 1.82) is 0 Å². The van der Waals surface area contributed by atoms with Crippen LogP contribution in [0.15, 0.2) is 22.7 Å². The molecule has 0 saturated carbocycles. The minimum atomic E-state index is -0.568. The van der Waals surface area contributed by atoms with Crippen LogP contribution in [0.4, 0.5) is 5.69 Å². The lowest BCUT2D eigenvalue weighted by molar-refractivity contribution is -0.385. The summed E-state index contributed by atoms with van der Waals surface area (Å²) >= 11 is 3.19. The largest absolute Gasteiger partial charge is 0.333 e. The van der Waals surface area contributed by atoms with Gasteiger partial charge >= 0.3 is 11.8 Å². The van der Waals surface area contributed by atoms with E-state index in [4.69, 9.17) is 0 Å². The average Bonchev–Trinajstić information content (AvgIpc) is 2.46. The Balaban J connectivity index is 2.20. The number of benzene rings is 1. The van der Waals surface area contributed by atoms with Crippen LogP contribution in [0.1, 0.15) is 12.5 Å². The molecule has 1 aliphatic heterocycles. The van der Waals surface area contributed by atoms with E-state index in [0.717, 1.165) is 0 Å². The summed E-state index contributed by atoms with van der Waals surface area (Å²) in [5, 5.41) is 10.9. The van der Waals surface area contributed by atoms with E-state index in [9.17, 15) is 19.7 Å². The molecule has 1 saturated heterocycles. The zero-order valence-electron chi connectivity index (χ0n) is 11.4. The van der Waals surface area contributed by atoms with Crippen LogP contribution < -0.4 is 0 Å². The van der Waals surface area contributed by atoms with Gasteiger partial charge in [0.15, 0.2) is 0 Å². The molecule has 0 N–H and O–H groups in total. The molecule has 1 aromatic rings. The predicted molar refractivity (Wildman–Crippen MR) is 78.5 cm³/mol. The highest BCUT2D eigenvalue weighted by molar-refractivity contribution is 9.10. The van der Waals surface area contributed by atoms with Crippen LogP contribution in [0.3, 0.4) is 0 Å². The molecule has 2 amide bonds. The molecule has 1 heterocycles. The number of nitro groups is 1. The van der Waals surface area contributed by atoms with Crippen molar-refractivity contribution in [1.82, 2.24) is 9.80 Å². The maximum Gasteiger partial charge on any atom is 0.312 e. The Bertz CT molecular complexity index is 605. The molecular weight excluding hydrogens is 342 g/mol. The zero-order chi connectivity index (χ0) is 15.6. The van der Waals surface area contributed by atoms with Gasteiger partial charge in [-0.3, -0.25) is 19.7 Å². The first-order valence-electron chi connectivity index (χ1n) is 6.45. The third-order valence-corrected chi connectivity index (χ3v) is 4.31. The van der Waals surface area contributed by atoms with Crippen molar-refractivity contribution in [3.63, 3.8) is 0 Å². The van der Waals surface area contributed by atoms with Gasteiger partial charge in [0, 0.05) is 32.2 Å². The Kier molecular flexibility index (Phi) is 4.56. The van der Waals surface area contributed by atoms with Gasteiger partial charge in [-0.15, -0.1) is 0 Å². The van der Waals surface area contributed by atoms with Crippen molar-refractivity contribution in [3.05, 3.63) is 38.3 Å². The monoisotopic (exact) mass is 355 g/mol. The lowest BCUT2D eigenvalue weighted by Gasteiger charge is -2.33. The van der Waals surface area contributed by atoms with Crippen molar-refractivity contribution in [2.45, 2.75) is 13.5 Å². The third kappa shape index (κ3) is 3.05. The highest BCUT2D eigenvalue weighted by Crippen LogP contribution is 2.29. The van der Waals surface area contributed by atoms with E-state index in [1.165, 1.54) is 15.9 Å². The standard InChI is InChI=1S/C13H14BrN3O4/c1-2-15-6-7-16(13(19)12(15)18)8-9-4-3-5-10(11(9)14)17(20)21/h3-5H,2,6-8H2,1H3. The molecule has 112 valence electrons. The van der Waals surface area contributed by atoms with Gasteiger partial charge in [0.05, 0.1) is 4.92 Å². The van der Waals surface area contributed by atoms with E-state index in [2.05, 4.69) is 15.9 Å². The van der Waals surface area contributed by atoms with Gasteiger partial charge in [-0.2, -0.15) is 0 Å². The van der Waals surface area contributed by atoms with Gasteiger partial charge in [0.2, 0.25) is 0 Å². The maximum atomic E-state index is 12.0. The van der Waals surface area contributed by atoms with Crippen LogP contribution in [0.25, 0.3) is 0 Å². The molecule has 0 spiro atoms. The Morgan fingerprint density at radius 3 is 2.48 bits per heavy atom. The Hall–Kier alpha value is -1.96. The fourth-order valence-electron chi connectivity index (χ4n) is 2.20. The second-order valence-electron chi connectivity index (χ2n) is 4.62. The molecule has 2 rings (SSSR count). The van der Waals surface area contributed by atoms with Crippen molar-refractivity contribution >= 4 is 33.4 Å². The number of carbonyl (C=O) groups excluding carboxylic acids is 2. The number of nitro benzene ring substituents is 1. The molecular formula is C13H14BrN3O4. The average molecular weight is 356 g/mol. The van der Waals surface area contributed by atoms with E-state index < -0.39 is 16.7 Å². The second kappa shape index (κ2) is 6.21. The maximum absolute atomic E-state index is 12.0. The number of hydrogen-bond acceptors (Lipinski definition) is 4. The number of rotatable bonds is 4. The van der Waals surface area contributed by atoms with Crippen molar-refractivity contribution in [2.24, 2.45) is 0 Å². The van der Waals surface area contributed by atoms with E-state index >= 15 is 0 Å². The van der Waals surface area contributed by atoms with Crippen LogP contribution in [-0.2, 0) is 16.1 Å². The SMILES string of the molecule is CCN1CCN(Cc2cccc([N+](=O)[O-])c2Br)C(=O)C1=O. The van der Waals surface area contributed by atoms with Crippen LogP contribution in [0.5, 0.6) is 0 Å². The lowest BCUT2D eigenvalue weighted by atomic mass is 10.1. The van der Waals surface area contributed by atoms with E-state index in [1.807, 2.05) is 6.92 Å². The normalized spacial score (nSPS) is 15.5. The molecule has 21 heavy (non-hydrogen) atoms. The molecule has 1 aliphatic rings. The zero-order valence-corrected chi connectivity index (χ0v) is 13.0. The Morgan fingerprint density at radius 2 is 1.86 bits per heavy atom. The number of nitrogens with zero attached hydrogens (tertiary/aromatic N) is 3. The van der Waals surface area contributed by atoms with Crippen molar-refractivity contribution in [3.8, 4) is 0 Å². The molecule has 1 fully saturated rings. The summed E-state index contributed by atoms with van der Waals surface area (Å²) in [6, 6.07) is 4.64. The molecule has 0 unspecified atom stereocenters. The first-order chi connectivity index (χ1) is 9.95. The van der Waals surface area contributed by atoms with Crippen molar-refractivity contribution in [2.75, 3.05) is 19.6 Å². The molecule has 0 atom stereocenters. The van der Waals surface area contributed by atoms with Crippen LogP contribution in [-0.4, -0.2) is 46.2 Å². The smallest absolute Gasteiger partial charge is 0.312 e. The van der Waals surface area contributed by atoms with Crippen LogP contribution >= 0.6 is 15.9 Å².